The van der Waals surface area contributed by atoms with Gasteiger partial charge < -0.3 is 10.4 Å². The SMILES string of the molecule is O=C(O)CCCc1csc(NC(=O)C2CC3C=CC2C3)n1. The number of carboxylic acids is 1. The highest BCUT2D eigenvalue weighted by molar-refractivity contribution is 7.13. The monoisotopic (exact) mass is 306 g/mol. The maximum absolute atomic E-state index is 12.3. The maximum atomic E-state index is 12.3. The fraction of sp³-hybridized carbons (Fsp3) is 0.533. The number of anilines is 1. The molecule has 3 atom stereocenters. The van der Waals surface area contributed by atoms with Crippen LogP contribution >= 0.6 is 11.3 Å². The number of aryl methyl sites for hydroxylation is 1. The third-order valence-electron chi connectivity index (χ3n) is 4.22. The van der Waals surface area contributed by atoms with E-state index in [4.69, 9.17) is 5.11 Å². The van der Waals surface area contributed by atoms with E-state index in [-0.39, 0.29) is 18.2 Å². The van der Waals surface area contributed by atoms with Gasteiger partial charge in [-0.25, -0.2) is 4.98 Å². The van der Waals surface area contributed by atoms with Gasteiger partial charge in [-0.2, -0.15) is 0 Å². The zero-order valence-electron chi connectivity index (χ0n) is 11.6. The summed E-state index contributed by atoms with van der Waals surface area (Å²) in [7, 11) is 0. The summed E-state index contributed by atoms with van der Waals surface area (Å²) in [5.41, 5.74) is 0.851. The van der Waals surface area contributed by atoms with Gasteiger partial charge in [0.15, 0.2) is 5.13 Å². The van der Waals surface area contributed by atoms with Crippen LogP contribution in [-0.4, -0.2) is 22.0 Å². The highest BCUT2D eigenvalue weighted by Gasteiger charge is 2.39. The Morgan fingerprint density at radius 2 is 2.24 bits per heavy atom. The van der Waals surface area contributed by atoms with Crippen LogP contribution in [0.5, 0.6) is 0 Å². The molecule has 2 aliphatic rings. The molecular formula is C15H18N2O3S. The van der Waals surface area contributed by atoms with E-state index in [1.54, 1.807) is 0 Å². The lowest BCUT2D eigenvalue weighted by Gasteiger charge is -2.16. The summed E-state index contributed by atoms with van der Waals surface area (Å²) in [4.78, 5) is 27.1. The van der Waals surface area contributed by atoms with Gasteiger partial charge >= 0.3 is 5.97 Å². The highest BCUT2D eigenvalue weighted by atomic mass is 32.1. The molecule has 2 bridgehead atoms. The molecule has 112 valence electrons. The molecule has 1 fully saturated rings. The van der Waals surface area contributed by atoms with E-state index in [9.17, 15) is 9.59 Å². The number of amides is 1. The lowest BCUT2D eigenvalue weighted by molar-refractivity contribution is -0.137. The molecule has 1 aromatic rings. The molecule has 3 unspecified atom stereocenters. The van der Waals surface area contributed by atoms with Crippen molar-refractivity contribution in [1.29, 1.82) is 0 Å². The number of nitrogens with one attached hydrogen (secondary N) is 1. The summed E-state index contributed by atoms with van der Waals surface area (Å²) in [6.45, 7) is 0. The van der Waals surface area contributed by atoms with Crippen LogP contribution < -0.4 is 5.32 Å². The van der Waals surface area contributed by atoms with Crippen molar-refractivity contribution >= 4 is 28.3 Å². The average molecular weight is 306 g/mol. The van der Waals surface area contributed by atoms with E-state index in [0.717, 1.165) is 18.5 Å². The summed E-state index contributed by atoms with van der Waals surface area (Å²) in [5, 5.41) is 14.0. The molecule has 0 aliphatic heterocycles. The van der Waals surface area contributed by atoms with Crippen molar-refractivity contribution in [2.75, 3.05) is 5.32 Å². The Kier molecular flexibility index (Phi) is 4.05. The topological polar surface area (TPSA) is 79.3 Å². The largest absolute Gasteiger partial charge is 0.481 e. The second-order valence-electron chi connectivity index (χ2n) is 5.77. The van der Waals surface area contributed by atoms with E-state index in [1.807, 2.05) is 5.38 Å². The molecule has 0 aromatic carbocycles. The lowest BCUT2D eigenvalue weighted by atomic mass is 9.93. The Morgan fingerprint density at radius 1 is 1.38 bits per heavy atom. The van der Waals surface area contributed by atoms with Crippen molar-refractivity contribution in [3.05, 3.63) is 23.2 Å². The number of fused-ring (bicyclic) bond motifs is 2. The smallest absolute Gasteiger partial charge is 0.303 e. The number of carboxylic acid groups (broad SMARTS) is 1. The Balaban J connectivity index is 1.51. The van der Waals surface area contributed by atoms with Gasteiger partial charge in [0.1, 0.15) is 0 Å². The number of hydrogen-bond acceptors (Lipinski definition) is 4. The summed E-state index contributed by atoms with van der Waals surface area (Å²) in [5.74, 6) is 0.333. The first-order valence-corrected chi connectivity index (χ1v) is 8.15. The van der Waals surface area contributed by atoms with Crippen LogP contribution in [0.4, 0.5) is 5.13 Å². The molecule has 2 aliphatic carbocycles. The molecular weight excluding hydrogens is 288 g/mol. The van der Waals surface area contributed by atoms with Gasteiger partial charge in [0.2, 0.25) is 5.91 Å². The van der Waals surface area contributed by atoms with Crippen molar-refractivity contribution in [1.82, 2.24) is 4.98 Å². The van der Waals surface area contributed by atoms with Crippen molar-refractivity contribution < 1.29 is 14.7 Å². The number of aromatic nitrogens is 1. The Hall–Kier alpha value is -1.69. The van der Waals surface area contributed by atoms with E-state index in [2.05, 4.69) is 22.5 Å². The third-order valence-corrected chi connectivity index (χ3v) is 5.03. The summed E-state index contributed by atoms with van der Waals surface area (Å²) in [6.07, 6.45) is 7.80. The van der Waals surface area contributed by atoms with Crippen LogP contribution in [0.15, 0.2) is 17.5 Å². The van der Waals surface area contributed by atoms with Crippen LogP contribution in [0.2, 0.25) is 0 Å². The van der Waals surface area contributed by atoms with Gasteiger partial charge in [-0.05, 0) is 37.5 Å². The standard InChI is InChI=1S/C15H18N2O3S/c18-13(19)3-1-2-11-8-21-15(16-11)17-14(20)12-7-9-4-5-10(12)6-9/h4-5,8-10,12H,1-3,6-7H2,(H,18,19)(H,16,17,20). The number of carbonyl (C=O) groups excluding carboxylic acids is 1. The first-order valence-electron chi connectivity index (χ1n) is 7.27. The molecule has 5 nitrogen and oxygen atoms in total. The molecule has 21 heavy (non-hydrogen) atoms. The Bertz CT molecular complexity index is 581. The second kappa shape index (κ2) is 5.97. The maximum Gasteiger partial charge on any atom is 0.303 e. The molecule has 0 spiro atoms. The van der Waals surface area contributed by atoms with E-state index >= 15 is 0 Å². The fourth-order valence-electron chi connectivity index (χ4n) is 3.18. The van der Waals surface area contributed by atoms with Gasteiger partial charge in [-0.3, -0.25) is 9.59 Å². The minimum absolute atomic E-state index is 0.0679. The molecule has 1 heterocycles. The number of allylic oxidation sites excluding steroid dienone is 2. The van der Waals surface area contributed by atoms with Crippen molar-refractivity contribution in [3.8, 4) is 0 Å². The molecule has 1 aromatic heterocycles. The average Bonchev–Trinajstić information content (AvgIpc) is 3.14. The predicted molar refractivity (Wildman–Crippen MR) is 80.2 cm³/mol. The van der Waals surface area contributed by atoms with Crippen LogP contribution in [-0.2, 0) is 16.0 Å². The van der Waals surface area contributed by atoms with E-state index < -0.39 is 5.97 Å². The molecule has 1 saturated carbocycles. The molecule has 0 radical (unpaired) electrons. The number of thiazole rings is 1. The lowest BCUT2D eigenvalue weighted by Crippen LogP contribution is -2.25. The number of aliphatic carboxylic acids is 1. The van der Waals surface area contributed by atoms with Gasteiger partial charge in [-0.15, -0.1) is 11.3 Å². The molecule has 6 heteroatoms. The third kappa shape index (κ3) is 3.32. The van der Waals surface area contributed by atoms with Gasteiger partial charge in [-0.1, -0.05) is 12.2 Å². The number of hydrogen-bond donors (Lipinski definition) is 2. The van der Waals surface area contributed by atoms with Crippen LogP contribution in [0.1, 0.15) is 31.4 Å². The number of nitrogens with zero attached hydrogens (tertiary/aromatic N) is 1. The molecule has 1 amide bonds. The van der Waals surface area contributed by atoms with Crippen molar-refractivity contribution in [3.63, 3.8) is 0 Å². The summed E-state index contributed by atoms with van der Waals surface area (Å²) >= 11 is 1.41. The Morgan fingerprint density at radius 3 is 2.90 bits per heavy atom. The Labute approximate surface area is 127 Å². The van der Waals surface area contributed by atoms with Crippen molar-refractivity contribution in [2.45, 2.75) is 32.1 Å². The van der Waals surface area contributed by atoms with Crippen LogP contribution in [0, 0.1) is 17.8 Å². The van der Waals surface area contributed by atoms with Crippen LogP contribution in [0.25, 0.3) is 0 Å². The van der Waals surface area contributed by atoms with Gasteiger partial charge in [0.25, 0.3) is 0 Å². The summed E-state index contributed by atoms with van der Waals surface area (Å²) in [6, 6.07) is 0. The fourth-order valence-corrected chi connectivity index (χ4v) is 3.93. The summed E-state index contributed by atoms with van der Waals surface area (Å²) < 4.78 is 0. The quantitative estimate of drug-likeness (QED) is 0.792. The van der Waals surface area contributed by atoms with Crippen LogP contribution in [0.3, 0.4) is 0 Å². The normalized spacial score (nSPS) is 26.2. The molecule has 3 rings (SSSR count). The highest BCUT2D eigenvalue weighted by Crippen LogP contribution is 2.43. The van der Waals surface area contributed by atoms with E-state index in [0.29, 0.717) is 29.8 Å². The minimum Gasteiger partial charge on any atom is -0.481 e. The zero-order valence-corrected chi connectivity index (χ0v) is 12.4. The first kappa shape index (κ1) is 14.3. The molecule has 0 saturated heterocycles. The zero-order chi connectivity index (χ0) is 14.8. The predicted octanol–water partition coefficient (Wildman–Crippen LogP) is 2.70. The first-order chi connectivity index (χ1) is 10.1. The number of rotatable bonds is 6. The number of carbonyl (C=O) groups is 2. The minimum atomic E-state index is -0.789. The van der Waals surface area contributed by atoms with E-state index in [1.165, 1.54) is 11.3 Å². The second-order valence-corrected chi connectivity index (χ2v) is 6.63. The van der Waals surface area contributed by atoms with Crippen molar-refractivity contribution in [2.24, 2.45) is 17.8 Å². The van der Waals surface area contributed by atoms with Gasteiger partial charge in [0.05, 0.1) is 5.69 Å². The molecule has 2 N–H and O–H groups in total. The van der Waals surface area contributed by atoms with Gasteiger partial charge in [0, 0.05) is 17.7 Å².